The van der Waals surface area contributed by atoms with Gasteiger partial charge in [-0.05, 0) is 56.7 Å². The molecule has 6 nitrogen and oxygen atoms in total. The van der Waals surface area contributed by atoms with Gasteiger partial charge in [-0.1, -0.05) is 30.1 Å². The first-order chi connectivity index (χ1) is 13.7. The lowest BCUT2D eigenvalue weighted by Gasteiger charge is -2.44. The van der Waals surface area contributed by atoms with Crippen LogP contribution in [0.5, 0.6) is 0 Å². The van der Waals surface area contributed by atoms with Gasteiger partial charge < -0.3 is 19.5 Å². The summed E-state index contributed by atoms with van der Waals surface area (Å²) in [6.45, 7) is 3.89. The third-order valence-electron chi connectivity index (χ3n) is 6.19. The number of aryl methyl sites for hydroxylation is 1. The first-order valence-electron chi connectivity index (χ1n) is 9.55. The highest BCUT2D eigenvalue weighted by Gasteiger charge is 2.53. The molecule has 0 bridgehead atoms. The predicted octanol–water partition coefficient (Wildman–Crippen LogP) is 5.03. The summed E-state index contributed by atoms with van der Waals surface area (Å²) in [5.41, 5.74) is 0.404. The topological polar surface area (TPSA) is 73.9 Å². The quantitative estimate of drug-likeness (QED) is 0.662. The number of benzene rings is 1. The Kier molecular flexibility index (Phi) is 6.18. The summed E-state index contributed by atoms with van der Waals surface area (Å²) in [4.78, 5) is 25.1. The molecule has 0 aromatic heterocycles. The maximum Gasteiger partial charge on any atom is 0.513 e. The number of carbonyl (C=O) groups excluding carboxylic acids is 2. The number of amides is 1. The second-order valence-electron chi connectivity index (χ2n) is 7.62. The molecule has 8 heteroatoms. The molecule has 0 saturated heterocycles. The van der Waals surface area contributed by atoms with Crippen LogP contribution in [0.3, 0.4) is 0 Å². The summed E-state index contributed by atoms with van der Waals surface area (Å²) in [7, 11) is 2.94. The number of nitrogens with one attached hydrogen (secondary N) is 1. The fraction of sp³-hybridized carbons (Fsp3) is 0.524. The third kappa shape index (κ3) is 3.86. The summed E-state index contributed by atoms with van der Waals surface area (Å²) >= 11 is 12.5. The molecule has 158 valence electrons. The van der Waals surface area contributed by atoms with Crippen LogP contribution < -0.4 is 5.32 Å². The van der Waals surface area contributed by atoms with Crippen LogP contribution in [0.15, 0.2) is 17.9 Å². The van der Waals surface area contributed by atoms with Gasteiger partial charge in [0.2, 0.25) is 0 Å². The first kappa shape index (κ1) is 21.9. The minimum atomic E-state index is -0.879. The molecule has 1 N–H and O–H groups in total. The lowest BCUT2D eigenvalue weighted by Crippen LogP contribution is -2.52. The van der Waals surface area contributed by atoms with Crippen molar-refractivity contribution >= 4 is 40.8 Å². The summed E-state index contributed by atoms with van der Waals surface area (Å²) in [6.07, 6.45) is 2.56. The molecule has 2 aliphatic rings. The highest BCUT2D eigenvalue weighted by molar-refractivity contribution is 6.38. The Morgan fingerprint density at radius 3 is 2.34 bits per heavy atom. The van der Waals surface area contributed by atoms with Crippen molar-refractivity contribution in [1.82, 2.24) is 5.32 Å². The Morgan fingerprint density at radius 2 is 1.83 bits per heavy atom. The fourth-order valence-corrected chi connectivity index (χ4v) is 5.07. The number of hydrogen-bond donors (Lipinski definition) is 1. The lowest BCUT2D eigenvalue weighted by atomic mass is 9.72. The SMILES string of the molecule is CCC1(OC)CCC2(CC1)NC(=O)C(c1c(C)cc(Cl)cc1Cl)=C2OC(=O)OC. The van der Waals surface area contributed by atoms with Crippen molar-refractivity contribution in [3.63, 3.8) is 0 Å². The van der Waals surface area contributed by atoms with E-state index in [0.29, 0.717) is 34.0 Å². The normalized spacial score (nSPS) is 26.6. The maximum atomic E-state index is 13.1. The molecular weight excluding hydrogens is 417 g/mol. The molecule has 0 radical (unpaired) electrons. The van der Waals surface area contributed by atoms with Gasteiger partial charge in [0, 0.05) is 17.7 Å². The standard InChI is InChI=1S/C21H25Cl2NO5/c1-5-20(28-4)6-8-21(9-7-20)17(29-19(26)27-3)16(18(25)24-21)15-12(2)10-13(22)11-14(15)23/h10-11H,5-9H2,1-4H3,(H,24,25). The van der Waals surface area contributed by atoms with Crippen LogP contribution in [-0.4, -0.2) is 37.4 Å². The van der Waals surface area contributed by atoms with Gasteiger partial charge in [-0.25, -0.2) is 4.79 Å². The van der Waals surface area contributed by atoms with Gasteiger partial charge in [-0.2, -0.15) is 0 Å². The average molecular weight is 442 g/mol. The van der Waals surface area contributed by atoms with Gasteiger partial charge in [-0.15, -0.1) is 0 Å². The molecular formula is C21H25Cl2NO5. The third-order valence-corrected chi connectivity index (χ3v) is 6.70. The number of methoxy groups -OCH3 is 2. The zero-order valence-corrected chi connectivity index (χ0v) is 18.5. The molecule has 3 rings (SSSR count). The van der Waals surface area contributed by atoms with E-state index in [1.807, 2.05) is 6.92 Å². The van der Waals surface area contributed by atoms with Crippen molar-refractivity contribution in [3.05, 3.63) is 39.1 Å². The Bertz CT molecular complexity index is 843. The summed E-state index contributed by atoms with van der Waals surface area (Å²) in [5.74, 6) is -0.0832. The molecule has 0 unspecified atom stereocenters. The smallest absolute Gasteiger partial charge is 0.437 e. The Balaban J connectivity index is 2.13. The van der Waals surface area contributed by atoms with Gasteiger partial charge in [0.15, 0.2) is 5.76 Å². The zero-order chi connectivity index (χ0) is 21.4. The average Bonchev–Trinajstić information content (AvgIpc) is 2.94. The van der Waals surface area contributed by atoms with Gasteiger partial charge in [0.05, 0.1) is 28.8 Å². The number of carbonyl (C=O) groups is 2. The predicted molar refractivity (Wildman–Crippen MR) is 111 cm³/mol. The minimum Gasteiger partial charge on any atom is -0.437 e. The van der Waals surface area contributed by atoms with Crippen LogP contribution in [-0.2, 0) is 19.0 Å². The number of halogens is 2. The second-order valence-corrected chi connectivity index (χ2v) is 8.46. The highest BCUT2D eigenvalue weighted by Crippen LogP contribution is 2.48. The van der Waals surface area contributed by atoms with Gasteiger partial charge in [0.1, 0.15) is 0 Å². The van der Waals surface area contributed by atoms with Crippen LogP contribution in [0.25, 0.3) is 5.57 Å². The molecule has 1 spiro atoms. The Labute approximate surface area is 180 Å². The molecule has 1 fully saturated rings. The summed E-state index contributed by atoms with van der Waals surface area (Å²) < 4.78 is 16.0. The van der Waals surface area contributed by atoms with E-state index in [4.69, 9.17) is 37.4 Å². The van der Waals surface area contributed by atoms with Crippen LogP contribution in [0.1, 0.15) is 50.2 Å². The fourth-order valence-electron chi connectivity index (χ4n) is 4.39. The van der Waals surface area contributed by atoms with E-state index in [0.717, 1.165) is 19.3 Å². The van der Waals surface area contributed by atoms with Gasteiger partial charge in [0.25, 0.3) is 5.91 Å². The van der Waals surface area contributed by atoms with Crippen LogP contribution in [0.2, 0.25) is 10.0 Å². The second kappa shape index (κ2) is 8.17. The minimum absolute atomic E-state index is 0.246. The molecule has 29 heavy (non-hydrogen) atoms. The van der Waals surface area contributed by atoms with E-state index >= 15 is 0 Å². The molecule has 1 amide bonds. The Hall–Kier alpha value is -1.76. The van der Waals surface area contributed by atoms with Crippen molar-refractivity contribution < 1.29 is 23.8 Å². The molecule has 1 aromatic rings. The largest absolute Gasteiger partial charge is 0.513 e. The summed E-state index contributed by atoms with van der Waals surface area (Å²) in [6, 6.07) is 3.29. The molecule has 1 aromatic carbocycles. The molecule has 1 aliphatic carbocycles. The maximum absolute atomic E-state index is 13.1. The first-order valence-corrected chi connectivity index (χ1v) is 10.3. The lowest BCUT2D eigenvalue weighted by molar-refractivity contribution is -0.117. The molecule has 1 aliphatic heterocycles. The van der Waals surface area contributed by atoms with E-state index < -0.39 is 11.7 Å². The van der Waals surface area contributed by atoms with E-state index in [1.165, 1.54) is 7.11 Å². The zero-order valence-electron chi connectivity index (χ0n) is 17.0. The molecule has 1 heterocycles. The van der Waals surface area contributed by atoms with E-state index in [9.17, 15) is 9.59 Å². The van der Waals surface area contributed by atoms with E-state index in [1.54, 1.807) is 19.2 Å². The number of ether oxygens (including phenoxy) is 3. The number of hydrogen-bond acceptors (Lipinski definition) is 5. The van der Waals surface area contributed by atoms with Crippen LogP contribution in [0, 0.1) is 6.92 Å². The molecule has 1 saturated carbocycles. The highest BCUT2D eigenvalue weighted by atomic mass is 35.5. The van der Waals surface area contributed by atoms with Crippen molar-refractivity contribution in [2.24, 2.45) is 0 Å². The summed E-state index contributed by atoms with van der Waals surface area (Å²) in [5, 5.41) is 3.84. The van der Waals surface area contributed by atoms with Gasteiger partial charge in [-0.3, -0.25) is 4.79 Å². The van der Waals surface area contributed by atoms with Crippen LogP contribution in [0.4, 0.5) is 4.79 Å². The van der Waals surface area contributed by atoms with E-state index in [2.05, 4.69) is 12.2 Å². The Morgan fingerprint density at radius 1 is 1.17 bits per heavy atom. The van der Waals surface area contributed by atoms with Crippen molar-refractivity contribution in [3.8, 4) is 0 Å². The molecule has 0 atom stereocenters. The van der Waals surface area contributed by atoms with E-state index in [-0.39, 0.29) is 22.8 Å². The number of rotatable bonds is 4. The van der Waals surface area contributed by atoms with Crippen molar-refractivity contribution in [2.75, 3.05) is 14.2 Å². The van der Waals surface area contributed by atoms with Crippen molar-refractivity contribution in [1.29, 1.82) is 0 Å². The van der Waals surface area contributed by atoms with Crippen molar-refractivity contribution in [2.45, 2.75) is 57.1 Å². The van der Waals surface area contributed by atoms with Crippen LogP contribution >= 0.6 is 23.2 Å². The van der Waals surface area contributed by atoms with Gasteiger partial charge >= 0.3 is 6.16 Å². The monoisotopic (exact) mass is 441 g/mol.